The molecule has 96 valence electrons. The summed E-state index contributed by atoms with van der Waals surface area (Å²) >= 11 is 2.13. The van der Waals surface area contributed by atoms with Crippen LogP contribution in [0.3, 0.4) is 0 Å². The van der Waals surface area contributed by atoms with Crippen molar-refractivity contribution in [2.24, 2.45) is 0 Å². The quantitative estimate of drug-likeness (QED) is 0.738. The molecule has 0 radical (unpaired) electrons. The van der Waals surface area contributed by atoms with Crippen molar-refractivity contribution in [3.05, 3.63) is 0 Å². The fraction of sp³-hybridized carbons (Fsp3) is 0.778. The summed E-state index contributed by atoms with van der Waals surface area (Å²) in [6.45, 7) is 1.39. The number of rotatable bonds is 4. The average molecular weight is 296 g/mol. The molecule has 0 N–H and O–H groups in total. The van der Waals surface area contributed by atoms with Crippen molar-refractivity contribution in [1.82, 2.24) is 0 Å². The smallest absolute Gasteiger partial charge is 0.294 e. The van der Waals surface area contributed by atoms with E-state index in [1.165, 1.54) is 6.66 Å². The summed E-state index contributed by atoms with van der Waals surface area (Å²) in [4.78, 5) is 22.1. The van der Waals surface area contributed by atoms with Crippen LogP contribution in [0.15, 0.2) is 0 Å². The van der Waals surface area contributed by atoms with E-state index in [4.69, 9.17) is 9.05 Å². The van der Waals surface area contributed by atoms with E-state index in [1.54, 1.807) is 0 Å². The first-order valence-corrected chi connectivity index (χ1v) is 9.03. The molecular formula is C9H13O5PS2. The number of carbonyl (C=O) groups excluding carboxylic acids is 2. The van der Waals surface area contributed by atoms with Crippen LogP contribution in [0.1, 0.15) is 25.7 Å². The van der Waals surface area contributed by atoms with Crippen LogP contribution in [0.4, 0.5) is 0 Å². The van der Waals surface area contributed by atoms with Gasteiger partial charge in [-0.05, 0) is 12.8 Å². The molecule has 2 heterocycles. The molecule has 5 nitrogen and oxygen atoms in total. The molecular weight excluding hydrogens is 283 g/mol. The predicted molar refractivity (Wildman–Crippen MR) is 66.9 cm³/mol. The Balaban J connectivity index is 1.84. The van der Waals surface area contributed by atoms with Gasteiger partial charge in [0, 0.05) is 19.5 Å². The van der Waals surface area contributed by atoms with Gasteiger partial charge in [0.15, 0.2) is 10.2 Å². The standard InChI is InChI=1S/C9H13O5PS2/c1-15(12,13-8-4-2-6(10)16-8)14-9-5-3-7(11)17-9/h8-9H,2-5H2,1H3. The lowest BCUT2D eigenvalue weighted by Gasteiger charge is -2.20. The summed E-state index contributed by atoms with van der Waals surface area (Å²) in [6, 6.07) is 0. The van der Waals surface area contributed by atoms with Crippen molar-refractivity contribution in [2.45, 2.75) is 36.6 Å². The molecule has 2 aliphatic rings. The Kier molecular flexibility index (Phi) is 4.36. The molecule has 8 heteroatoms. The van der Waals surface area contributed by atoms with Gasteiger partial charge in [0.25, 0.3) is 0 Å². The Bertz CT molecular complexity index is 354. The topological polar surface area (TPSA) is 69.7 Å². The highest BCUT2D eigenvalue weighted by Gasteiger charge is 2.34. The fourth-order valence-corrected chi connectivity index (χ4v) is 5.53. The van der Waals surface area contributed by atoms with Gasteiger partial charge in [-0.15, -0.1) is 0 Å². The minimum absolute atomic E-state index is 0.0559. The predicted octanol–water partition coefficient (Wildman–Crippen LogP) is 2.60. The van der Waals surface area contributed by atoms with Crippen LogP contribution in [-0.2, 0) is 23.2 Å². The zero-order chi connectivity index (χ0) is 12.5. The summed E-state index contributed by atoms with van der Waals surface area (Å²) in [5.41, 5.74) is -0.749. The third kappa shape index (κ3) is 4.10. The molecule has 0 amide bonds. The van der Waals surface area contributed by atoms with E-state index in [0.29, 0.717) is 25.7 Å². The summed E-state index contributed by atoms with van der Waals surface area (Å²) in [5.74, 6) is 0. The normalized spacial score (nSPS) is 33.0. The van der Waals surface area contributed by atoms with Crippen molar-refractivity contribution >= 4 is 41.4 Å². The molecule has 0 aliphatic carbocycles. The van der Waals surface area contributed by atoms with Crippen LogP contribution >= 0.6 is 31.1 Å². The Morgan fingerprint density at radius 1 is 1.06 bits per heavy atom. The molecule has 0 aromatic carbocycles. The summed E-state index contributed by atoms with van der Waals surface area (Å²) in [6.07, 6.45) is 2.04. The van der Waals surface area contributed by atoms with Crippen molar-refractivity contribution in [3.8, 4) is 0 Å². The monoisotopic (exact) mass is 296 g/mol. The van der Waals surface area contributed by atoms with Crippen molar-refractivity contribution in [1.29, 1.82) is 0 Å². The van der Waals surface area contributed by atoms with Gasteiger partial charge in [0.1, 0.15) is 10.9 Å². The summed E-state index contributed by atoms with van der Waals surface area (Å²) in [5, 5.41) is 0.112. The zero-order valence-corrected chi connectivity index (χ0v) is 11.8. The highest BCUT2D eigenvalue weighted by molar-refractivity contribution is 8.14. The molecule has 17 heavy (non-hydrogen) atoms. The maximum Gasteiger partial charge on any atom is 0.329 e. The second-order valence-electron chi connectivity index (χ2n) is 3.90. The van der Waals surface area contributed by atoms with Gasteiger partial charge in [0.05, 0.1) is 0 Å². The highest BCUT2D eigenvalue weighted by atomic mass is 32.2. The Morgan fingerprint density at radius 2 is 1.47 bits per heavy atom. The summed E-state index contributed by atoms with van der Waals surface area (Å²) < 4.78 is 22.7. The van der Waals surface area contributed by atoms with E-state index in [2.05, 4.69) is 0 Å². The van der Waals surface area contributed by atoms with Gasteiger partial charge < -0.3 is 0 Å². The third-order valence-electron chi connectivity index (χ3n) is 2.31. The van der Waals surface area contributed by atoms with E-state index >= 15 is 0 Å². The molecule has 2 fully saturated rings. The van der Waals surface area contributed by atoms with Crippen LogP contribution in [0.5, 0.6) is 0 Å². The molecule has 0 saturated carbocycles. The van der Waals surface area contributed by atoms with Gasteiger partial charge in [-0.3, -0.25) is 23.2 Å². The maximum atomic E-state index is 12.0. The number of carbonyl (C=O) groups is 2. The molecule has 0 bridgehead atoms. The van der Waals surface area contributed by atoms with Gasteiger partial charge >= 0.3 is 7.60 Å². The van der Waals surface area contributed by atoms with Gasteiger partial charge in [-0.1, -0.05) is 23.5 Å². The second-order valence-corrected chi connectivity index (χ2v) is 8.30. The molecule has 2 saturated heterocycles. The maximum absolute atomic E-state index is 12.0. The van der Waals surface area contributed by atoms with Gasteiger partial charge in [0.2, 0.25) is 0 Å². The van der Waals surface area contributed by atoms with Crippen molar-refractivity contribution in [3.63, 3.8) is 0 Å². The van der Waals surface area contributed by atoms with E-state index in [0.717, 1.165) is 23.5 Å². The van der Waals surface area contributed by atoms with Crippen molar-refractivity contribution in [2.75, 3.05) is 6.66 Å². The molecule has 2 unspecified atom stereocenters. The van der Waals surface area contributed by atoms with Crippen molar-refractivity contribution < 1.29 is 23.2 Å². The van der Waals surface area contributed by atoms with Gasteiger partial charge in [-0.25, -0.2) is 0 Å². The van der Waals surface area contributed by atoms with Crippen LogP contribution in [0.2, 0.25) is 0 Å². The molecule has 2 aliphatic heterocycles. The van der Waals surface area contributed by atoms with E-state index in [9.17, 15) is 14.2 Å². The molecule has 2 rings (SSSR count). The zero-order valence-electron chi connectivity index (χ0n) is 9.29. The van der Waals surface area contributed by atoms with Crippen LogP contribution in [-0.4, -0.2) is 27.8 Å². The Labute approximate surface area is 108 Å². The van der Waals surface area contributed by atoms with Crippen LogP contribution < -0.4 is 0 Å². The SMILES string of the molecule is CP(=O)(OC1CCC(=O)S1)OC1CCC(=O)S1. The fourth-order valence-electron chi connectivity index (χ4n) is 1.60. The van der Waals surface area contributed by atoms with E-state index in [1.807, 2.05) is 0 Å². The minimum atomic E-state index is -3.19. The average Bonchev–Trinajstić information content (AvgIpc) is 2.74. The summed E-state index contributed by atoms with van der Waals surface area (Å²) in [7, 11) is -3.19. The molecule has 0 aromatic rings. The Hall–Kier alpha value is 0.190. The third-order valence-corrected chi connectivity index (χ3v) is 6.00. The van der Waals surface area contributed by atoms with E-state index in [-0.39, 0.29) is 21.1 Å². The number of hydrogen-bond donors (Lipinski definition) is 0. The lowest BCUT2D eigenvalue weighted by Crippen LogP contribution is -2.08. The first-order valence-electron chi connectivity index (χ1n) is 5.28. The van der Waals surface area contributed by atoms with Gasteiger partial charge in [-0.2, -0.15) is 0 Å². The second kappa shape index (κ2) is 5.45. The largest absolute Gasteiger partial charge is 0.329 e. The Morgan fingerprint density at radius 3 is 1.76 bits per heavy atom. The highest BCUT2D eigenvalue weighted by Crippen LogP contribution is 2.53. The molecule has 0 spiro atoms. The first-order chi connectivity index (χ1) is 7.94. The first kappa shape index (κ1) is 13.6. The molecule has 2 atom stereocenters. The minimum Gasteiger partial charge on any atom is -0.294 e. The van der Waals surface area contributed by atoms with Crippen LogP contribution in [0.25, 0.3) is 0 Å². The number of hydrogen-bond acceptors (Lipinski definition) is 7. The molecule has 0 aromatic heterocycles. The van der Waals surface area contributed by atoms with E-state index < -0.39 is 7.60 Å². The lowest BCUT2D eigenvalue weighted by atomic mass is 10.4. The lowest BCUT2D eigenvalue weighted by molar-refractivity contribution is -0.111. The number of thioether (sulfide) groups is 2. The van der Waals surface area contributed by atoms with Crippen LogP contribution in [0, 0.1) is 0 Å².